The van der Waals surface area contributed by atoms with Crippen LogP contribution in [0.1, 0.15) is 29.7 Å². The quantitative estimate of drug-likeness (QED) is 0.866. The maximum atomic E-state index is 12.1. The van der Waals surface area contributed by atoms with Crippen LogP contribution in [0.4, 0.5) is 5.69 Å². The van der Waals surface area contributed by atoms with Gasteiger partial charge in [0.1, 0.15) is 0 Å². The highest BCUT2D eigenvalue weighted by atomic mass is 35.5. The van der Waals surface area contributed by atoms with Crippen molar-refractivity contribution in [3.8, 4) is 0 Å². The molecule has 3 nitrogen and oxygen atoms in total. The monoisotopic (exact) mass is 316 g/mol. The Bertz CT molecular complexity index is 670. The number of hydrogen-bond donors (Lipinski definition) is 2. The molecule has 0 saturated heterocycles. The van der Waals surface area contributed by atoms with E-state index >= 15 is 0 Å². The second-order valence-corrected chi connectivity index (χ2v) is 5.90. The largest absolute Gasteiger partial charge is 0.325 e. The Labute approximate surface area is 136 Å². The second kappa shape index (κ2) is 7.43. The van der Waals surface area contributed by atoms with Crippen molar-refractivity contribution in [2.24, 2.45) is 0 Å². The average Bonchev–Trinajstić information content (AvgIpc) is 2.49. The van der Waals surface area contributed by atoms with Crippen molar-refractivity contribution in [1.82, 2.24) is 5.32 Å². The first-order chi connectivity index (χ1) is 10.5. The topological polar surface area (TPSA) is 41.1 Å². The molecule has 116 valence electrons. The van der Waals surface area contributed by atoms with E-state index in [1.807, 2.05) is 63.2 Å². The number of aryl methyl sites for hydroxylation is 2. The summed E-state index contributed by atoms with van der Waals surface area (Å²) in [5, 5.41) is 6.84. The highest BCUT2D eigenvalue weighted by Crippen LogP contribution is 2.22. The van der Waals surface area contributed by atoms with Gasteiger partial charge >= 0.3 is 0 Å². The first-order valence-electron chi connectivity index (χ1n) is 7.32. The highest BCUT2D eigenvalue weighted by Gasteiger charge is 2.11. The summed E-state index contributed by atoms with van der Waals surface area (Å²) in [4.78, 5) is 12.1. The van der Waals surface area contributed by atoms with Crippen molar-refractivity contribution < 1.29 is 4.79 Å². The molecule has 0 heterocycles. The van der Waals surface area contributed by atoms with E-state index in [1.54, 1.807) is 0 Å². The molecule has 0 aliphatic rings. The zero-order chi connectivity index (χ0) is 16.1. The standard InChI is InChI=1S/C18H21ClN2O/c1-12-8-9-13(2)17(10-12)21-18(22)11-20-14(3)15-6-4-5-7-16(15)19/h4-10,14,20H,11H2,1-3H3,(H,21,22). The lowest BCUT2D eigenvalue weighted by Crippen LogP contribution is -2.30. The van der Waals surface area contributed by atoms with Gasteiger partial charge in [0.2, 0.25) is 5.91 Å². The minimum atomic E-state index is -0.0624. The molecule has 1 atom stereocenters. The Hall–Kier alpha value is -1.84. The predicted octanol–water partition coefficient (Wildman–Crippen LogP) is 4.25. The number of anilines is 1. The molecule has 2 aromatic rings. The smallest absolute Gasteiger partial charge is 0.238 e. The minimum absolute atomic E-state index is 0.0121. The Morgan fingerprint density at radius 3 is 2.64 bits per heavy atom. The van der Waals surface area contributed by atoms with Crippen LogP contribution >= 0.6 is 11.6 Å². The van der Waals surface area contributed by atoms with Gasteiger partial charge in [-0.2, -0.15) is 0 Å². The first kappa shape index (κ1) is 16.5. The summed E-state index contributed by atoms with van der Waals surface area (Å²) in [6, 6.07) is 13.7. The zero-order valence-corrected chi connectivity index (χ0v) is 13.9. The molecule has 0 aromatic heterocycles. The van der Waals surface area contributed by atoms with E-state index in [4.69, 9.17) is 11.6 Å². The van der Waals surface area contributed by atoms with Crippen molar-refractivity contribution in [3.05, 3.63) is 64.2 Å². The van der Waals surface area contributed by atoms with E-state index in [-0.39, 0.29) is 18.5 Å². The fraction of sp³-hybridized carbons (Fsp3) is 0.278. The third-order valence-electron chi connectivity index (χ3n) is 3.61. The van der Waals surface area contributed by atoms with Crippen molar-refractivity contribution in [2.45, 2.75) is 26.8 Å². The fourth-order valence-corrected chi connectivity index (χ4v) is 2.55. The minimum Gasteiger partial charge on any atom is -0.325 e. The molecule has 1 amide bonds. The summed E-state index contributed by atoms with van der Waals surface area (Å²) >= 11 is 6.16. The number of benzene rings is 2. The van der Waals surface area contributed by atoms with Crippen LogP contribution in [-0.4, -0.2) is 12.5 Å². The number of amides is 1. The van der Waals surface area contributed by atoms with Gasteiger partial charge in [0.15, 0.2) is 0 Å². The maximum Gasteiger partial charge on any atom is 0.238 e. The lowest BCUT2D eigenvalue weighted by atomic mass is 10.1. The third kappa shape index (κ3) is 4.33. The van der Waals surface area contributed by atoms with Crippen LogP contribution in [0.5, 0.6) is 0 Å². The SMILES string of the molecule is Cc1ccc(C)c(NC(=O)CNC(C)c2ccccc2Cl)c1. The molecule has 22 heavy (non-hydrogen) atoms. The molecule has 0 bridgehead atoms. The van der Waals surface area contributed by atoms with Crippen LogP contribution in [0.15, 0.2) is 42.5 Å². The van der Waals surface area contributed by atoms with Gasteiger partial charge in [-0.3, -0.25) is 4.79 Å². The van der Waals surface area contributed by atoms with E-state index in [0.717, 1.165) is 22.4 Å². The van der Waals surface area contributed by atoms with Crippen molar-refractivity contribution >= 4 is 23.2 Å². The van der Waals surface area contributed by atoms with Crippen LogP contribution in [0.3, 0.4) is 0 Å². The number of carbonyl (C=O) groups excluding carboxylic acids is 1. The molecule has 0 fully saturated rings. The van der Waals surface area contributed by atoms with Crippen LogP contribution in [0.25, 0.3) is 0 Å². The van der Waals surface area contributed by atoms with Gasteiger partial charge in [-0.15, -0.1) is 0 Å². The molecule has 0 saturated carbocycles. The molecule has 2 rings (SSSR count). The van der Waals surface area contributed by atoms with Gasteiger partial charge in [0, 0.05) is 16.8 Å². The van der Waals surface area contributed by atoms with Gasteiger partial charge in [0.25, 0.3) is 0 Å². The Morgan fingerprint density at radius 1 is 1.18 bits per heavy atom. The molecular weight excluding hydrogens is 296 g/mol. The lowest BCUT2D eigenvalue weighted by Gasteiger charge is -2.16. The number of hydrogen-bond acceptors (Lipinski definition) is 2. The number of nitrogens with one attached hydrogen (secondary N) is 2. The number of halogens is 1. The molecule has 2 aromatic carbocycles. The molecular formula is C18H21ClN2O. The Kier molecular flexibility index (Phi) is 5.58. The zero-order valence-electron chi connectivity index (χ0n) is 13.1. The van der Waals surface area contributed by atoms with E-state index < -0.39 is 0 Å². The summed E-state index contributed by atoms with van der Waals surface area (Å²) in [7, 11) is 0. The highest BCUT2D eigenvalue weighted by molar-refractivity contribution is 6.31. The third-order valence-corrected chi connectivity index (χ3v) is 3.95. The molecule has 0 aliphatic heterocycles. The van der Waals surface area contributed by atoms with Gasteiger partial charge in [-0.25, -0.2) is 0 Å². The molecule has 0 spiro atoms. The first-order valence-corrected chi connectivity index (χ1v) is 7.70. The van der Waals surface area contributed by atoms with Crippen LogP contribution in [0, 0.1) is 13.8 Å². The van der Waals surface area contributed by atoms with E-state index in [2.05, 4.69) is 10.6 Å². The predicted molar refractivity (Wildman–Crippen MR) is 92.4 cm³/mol. The lowest BCUT2D eigenvalue weighted by molar-refractivity contribution is -0.115. The summed E-state index contributed by atoms with van der Waals surface area (Å²) in [6.07, 6.45) is 0. The van der Waals surface area contributed by atoms with E-state index in [9.17, 15) is 4.79 Å². The van der Waals surface area contributed by atoms with Crippen LogP contribution < -0.4 is 10.6 Å². The number of rotatable bonds is 5. The van der Waals surface area contributed by atoms with Crippen LogP contribution in [0.2, 0.25) is 5.02 Å². The van der Waals surface area contributed by atoms with Gasteiger partial charge in [-0.05, 0) is 49.6 Å². The molecule has 0 aliphatic carbocycles. The van der Waals surface area contributed by atoms with Crippen molar-refractivity contribution in [1.29, 1.82) is 0 Å². The van der Waals surface area contributed by atoms with Gasteiger partial charge in [-0.1, -0.05) is 41.9 Å². The molecule has 1 unspecified atom stereocenters. The summed E-state index contributed by atoms with van der Waals surface area (Å²) in [6.45, 7) is 6.22. The Balaban J connectivity index is 1.93. The van der Waals surface area contributed by atoms with Crippen molar-refractivity contribution in [2.75, 3.05) is 11.9 Å². The van der Waals surface area contributed by atoms with E-state index in [0.29, 0.717) is 5.02 Å². The van der Waals surface area contributed by atoms with Crippen molar-refractivity contribution in [3.63, 3.8) is 0 Å². The van der Waals surface area contributed by atoms with Crippen LogP contribution in [-0.2, 0) is 4.79 Å². The average molecular weight is 317 g/mol. The van der Waals surface area contributed by atoms with E-state index in [1.165, 1.54) is 0 Å². The van der Waals surface area contributed by atoms with Gasteiger partial charge in [0.05, 0.1) is 6.54 Å². The maximum absolute atomic E-state index is 12.1. The molecule has 0 radical (unpaired) electrons. The summed E-state index contributed by atoms with van der Waals surface area (Å²) < 4.78 is 0. The summed E-state index contributed by atoms with van der Waals surface area (Å²) in [5.74, 6) is -0.0624. The normalized spacial score (nSPS) is 12.0. The molecule has 4 heteroatoms. The Morgan fingerprint density at radius 2 is 1.91 bits per heavy atom. The summed E-state index contributed by atoms with van der Waals surface area (Å²) in [5.41, 5.74) is 4.03. The second-order valence-electron chi connectivity index (χ2n) is 5.49. The van der Waals surface area contributed by atoms with Gasteiger partial charge < -0.3 is 10.6 Å². The number of carbonyl (C=O) groups is 1. The fourth-order valence-electron chi connectivity index (χ4n) is 2.25. The molecule has 2 N–H and O–H groups in total.